The van der Waals surface area contributed by atoms with Crippen LogP contribution in [0, 0.1) is 6.92 Å². The molecule has 2 N–H and O–H groups in total. The SMILES string of the molecule is Cc1ccc(C(=O)N(C(=O)c2ccccc2C(=O)O)c2ccccc2C(=O)O)cc1. The van der Waals surface area contributed by atoms with Gasteiger partial charge in [-0.3, -0.25) is 9.59 Å². The molecule has 7 nitrogen and oxygen atoms in total. The van der Waals surface area contributed by atoms with Gasteiger partial charge in [-0.2, -0.15) is 0 Å². The number of anilines is 1. The van der Waals surface area contributed by atoms with Crippen molar-refractivity contribution in [3.05, 3.63) is 101 Å². The Hall–Kier alpha value is -4.26. The van der Waals surface area contributed by atoms with Crippen molar-refractivity contribution >= 4 is 29.4 Å². The van der Waals surface area contributed by atoms with Gasteiger partial charge in [0.25, 0.3) is 11.8 Å². The predicted molar refractivity (Wildman–Crippen MR) is 109 cm³/mol. The molecular formula is C23H17NO6. The number of imide groups is 1. The second-order valence-electron chi connectivity index (χ2n) is 6.48. The summed E-state index contributed by atoms with van der Waals surface area (Å²) in [6, 6.07) is 17.4. The Morgan fingerprint density at radius 2 is 1.13 bits per heavy atom. The summed E-state index contributed by atoms with van der Waals surface area (Å²) in [6.07, 6.45) is 0. The van der Waals surface area contributed by atoms with Crippen LogP contribution in [0.1, 0.15) is 47.0 Å². The summed E-state index contributed by atoms with van der Waals surface area (Å²) in [7, 11) is 0. The Bertz CT molecular complexity index is 1150. The molecule has 0 fully saturated rings. The number of aromatic carboxylic acids is 2. The lowest BCUT2D eigenvalue weighted by molar-refractivity contribution is 0.0682. The summed E-state index contributed by atoms with van der Waals surface area (Å²) in [6.45, 7) is 1.83. The smallest absolute Gasteiger partial charge is 0.337 e. The van der Waals surface area contributed by atoms with E-state index in [-0.39, 0.29) is 27.9 Å². The third-order valence-corrected chi connectivity index (χ3v) is 4.47. The van der Waals surface area contributed by atoms with E-state index in [1.165, 1.54) is 60.7 Å². The van der Waals surface area contributed by atoms with Crippen LogP contribution in [0.3, 0.4) is 0 Å². The molecule has 0 radical (unpaired) electrons. The molecule has 7 heteroatoms. The Labute approximate surface area is 171 Å². The first-order valence-corrected chi connectivity index (χ1v) is 8.91. The van der Waals surface area contributed by atoms with E-state index >= 15 is 0 Å². The molecule has 0 aromatic heterocycles. The minimum Gasteiger partial charge on any atom is -0.478 e. The first kappa shape index (κ1) is 20.5. The van der Waals surface area contributed by atoms with Crippen molar-refractivity contribution in [3.8, 4) is 0 Å². The first-order chi connectivity index (χ1) is 14.3. The number of para-hydroxylation sites is 1. The Morgan fingerprint density at radius 3 is 1.70 bits per heavy atom. The highest BCUT2D eigenvalue weighted by Gasteiger charge is 2.31. The average molecular weight is 403 g/mol. The van der Waals surface area contributed by atoms with E-state index < -0.39 is 23.8 Å². The van der Waals surface area contributed by atoms with Crippen LogP contribution in [0.5, 0.6) is 0 Å². The van der Waals surface area contributed by atoms with E-state index in [1.54, 1.807) is 12.1 Å². The third kappa shape index (κ3) is 3.95. The number of carboxylic acids is 2. The molecule has 0 aliphatic heterocycles. The van der Waals surface area contributed by atoms with Crippen LogP contribution < -0.4 is 4.90 Å². The fraction of sp³-hybridized carbons (Fsp3) is 0.0435. The molecule has 150 valence electrons. The fourth-order valence-corrected chi connectivity index (χ4v) is 2.96. The summed E-state index contributed by atoms with van der Waals surface area (Å²) in [5, 5.41) is 19.0. The summed E-state index contributed by atoms with van der Waals surface area (Å²) in [5.41, 5.74) is 0.107. The molecule has 0 heterocycles. The molecule has 3 aromatic rings. The zero-order valence-corrected chi connectivity index (χ0v) is 15.9. The number of nitrogens with zero attached hydrogens (tertiary/aromatic N) is 1. The molecule has 30 heavy (non-hydrogen) atoms. The number of hydrogen-bond acceptors (Lipinski definition) is 4. The molecule has 0 bridgehead atoms. The van der Waals surface area contributed by atoms with Gasteiger partial charge in [0, 0.05) is 5.56 Å². The number of carbonyl (C=O) groups excluding carboxylic acids is 2. The highest BCUT2D eigenvalue weighted by molar-refractivity contribution is 6.28. The van der Waals surface area contributed by atoms with Crippen molar-refractivity contribution in [3.63, 3.8) is 0 Å². The second-order valence-corrected chi connectivity index (χ2v) is 6.48. The lowest BCUT2D eigenvalue weighted by Crippen LogP contribution is -2.39. The van der Waals surface area contributed by atoms with Gasteiger partial charge in [0.05, 0.1) is 22.4 Å². The molecule has 3 aromatic carbocycles. The van der Waals surface area contributed by atoms with Crippen molar-refractivity contribution in [2.24, 2.45) is 0 Å². The van der Waals surface area contributed by atoms with E-state index in [0.29, 0.717) is 4.90 Å². The molecule has 2 amide bonds. The summed E-state index contributed by atoms with van der Waals surface area (Å²) in [4.78, 5) is 50.7. The predicted octanol–water partition coefficient (Wildman–Crippen LogP) is 3.88. The maximum absolute atomic E-state index is 13.4. The summed E-state index contributed by atoms with van der Waals surface area (Å²) >= 11 is 0. The lowest BCUT2D eigenvalue weighted by Gasteiger charge is -2.23. The van der Waals surface area contributed by atoms with Gasteiger partial charge >= 0.3 is 11.9 Å². The maximum atomic E-state index is 13.4. The molecule has 0 aliphatic rings. The number of benzene rings is 3. The maximum Gasteiger partial charge on any atom is 0.337 e. The highest BCUT2D eigenvalue weighted by Crippen LogP contribution is 2.26. The highest BCUT2D eigenvalue weighted by atomic mass is 16.4. The third-order valence-electron chi connectivity index (χ3n) is 4.47. The largest absolute Gasteiger partial charge is 0.478 e. The van der Waals surface area contributed by atoms with E-state index in [9.17, 15) is 29.4 Å². The molecule has 0 unspecified atom stereocenters. The number of hydrogen-bond donors (Lipinski definition) is 2. The topological polar surface area (TPSA) is 112 Å². The van der Waals surface area contributed by atoms with Gasteiger partial charge in [-0.15, -0.1) is 0 Å². The van der Waals surface area contributed by atoms with Crippen LogP contribution in [0.4, 0.5) is 5.69 Å². The number of carbonyl (C=O) groups is 4. The number of carboxylic acid groups (broad SMARTS) is 2. The van der Waals surface area contributed by atoms with E-state index in [2.05, 4.69) is 0 Å². The standard InChI is InChI=1S/C23H17NO6/c1-14-10-12-15(13-11-14)20(25)24(19-9-5-4-8-18(19)23(29)30)21(26)16-6-2-3-7-17(16)22(27)28/h2-13H,1H3,(H,27,28)(H,29,30). The zero-order chi connectivity index (χ0) is 21.8. The van der Waals surface area contributed by atoms with Crippen molar-refractivity contribution < 1.29 is 29.4 Å². The second kappa shape index (κ2) is 8.40. The molecule has 0 spiro atoms. The van der Waals surface area contributed by atoms with Gasteiger partial charge in [-0.25, -0.2) is 14.5 Å². The van der Waals surface area contributed by atoms with Crippen molar-refractivity contribution in [1.82, 2.24) is 0 Å². The van der Waals surface area contributed by atoms with Gasteiger partial charge in [0.15, 0.2) is 0 Å². The fourth-order valence-electron chi connectivity index (χ4n) is 2.96. The molecule has 0 aliphatic carbocycles. The molecular weight excluding hydrogens is 386 g/mol. The van der Waals surface area contributed by atoms with Crippen molar-refractivity contribution in [1.29, 1.82) is 0 Å². The van der Waals surface area contributed by atoms with Crippen LogP contribution in [0.15, 0.2) is 72.8 Å². The van der Waals surface area contributed by atoms with Crippen LogP contribution in [-0.4, -0.2) is 34.0 Å². The van der Waals surface area contributed by atoms with Gasteiger partial charge in [-0.05, 0) is 43.3 Å². The van der Waals surface area contributed by atoms with Crippen molar-refractivity contribution in [2.45, 2.75) is 6.92 Å². The number of amides is 2. The van der Waals surface area contributed by atoms with Crippen LogP contribution >= 0.6 is 0 Å². The normalized spacial score (nSPS) is 10.3. The Morgan fingerprint density at radius 1 is 0.633 bits per heavy atom. The van der Waals surface area contributed by atoms with Crippen molar-refractivity contribution in [2.75, 3.05) is 4.90 Å². The molecule has 0 saturated carbocycles. The average Bonchev–Trinajstić information content (AvgIpc) is 2.74. The van der Waals surface area contributed by atoms with Crippen LogP contribution in [0.25, 0.3) is 0 Å². The number of rotatable bonds is 5. The van der Waals surface area contributed by atoms with Gasteiger partial charge in [0.1, 0.15) is 0 Å². The van der Waals surface area contributed by atoms with E-state index in [1.807, 2.05) is 6.92 Å². The monoisotopic (exact) mass is 403 g/mol. The molecule has 3 rings (SSSR count). The Kier molecular flexibility index (Phi) is 5.73. The summed E-state index contributed by atoms with van der Waals surface area (Å²) < 4.78 is 0. The minimum absolute atomic E-state index is 0.152. The zero-order valence-electron chi connectivity index (χ0n) is 15.9. The summed E-state index contributed by atoms with van der Waals surface area (Å²) in [5.74, 6) is -4.37. The van der Waals surface area contributed by atoms with Gasteiger partial charge in [-0.1, -0.05) is 42.0 Å². The quantitative estimate of drug-likeness (QED) is 0.625. The lowest BCUT2D eigenvalue weighted by atomic mass is 10.0. The Balaban J connectivity index is 2.22. The van der Waals surface area contributed by atoms with Crippen LogP contribution in [0.2, 0.25) is 0 Å². The molecule has 0 atom stereocenters. The van der Waals surface area contributed by atoms with Gasteiger partial charge < -0.3 is 10.2 Å². The van der Waals surface area contributed by atoms with Crippen LogP contribution in [-0.2, 0) is 0 Å². The first-order valence-electron chi connectivity index (χ1n) is 8.91. The van der Waals surface area contributed by atoms with E-state index in [0.717, 1.165) is 5.56 Å². The number of aryl methyl sites for hydroxylation is 1. The van der Waals surface area contributed by atoms with Gasteiger partial charge in [0.2, 0.25) is 0 Å². The minimum atomic E-state index is -1.34. The molecule has 0 saturated heterocycles. The van der Waals surface area contributed by atoms with E-state index in [4.69, 9.17) is 0 Å².